The maximum atomic E-state index is 12.2. The van der Waals surface area contributed by atoms with Crippen LogP contribution in [0.15, 0.2) is 30.5 Å². The molecule has 0 aliphatic heterocycles. The van der Waals surface area contributed by atoms with Crippen molar-refractivity contribution in [2.24, 2.45) is 7.05 Å². The van der Waals surface area contributed by atoms with Crippen molar-refractivity contribution in [2.45, 2.75) is 33.1 Å². The Kier molecular flexibility index (Phi) is 5.74. The number of carbonyl (C=O) groups is 1. The smallest absolute Gasteiger partial charge is 0.226 e. The molecular weight excluding hydrogens is 368 g/mol. The number of nitrogens with zero attached hydrogens (tertiary/aromatic N) is 3. The molecule has 5 nitrogen and oxygen atoms in total. The van der Waals surface area contributed by atoms with Gasteiger partial charge in [0.05, 0.1) is 5.69 Å². The third-order valence-electron chi connectivity index (χ3n) is 4.35. The minimum Gasteiger partial charge on any atom is -0.302 e. The highest BCUT2D eigenvalue weighted by atomic mass is 35.5. The van der Waals surface area contributed by atoms with Crippen molar-refractivity contribution in [3.63, 3.8) is 0 Å². The highest BCUT2D eigenvalue weighted by Gasteiger charge is 2.12. The molecule has 136 valence electrons. The summed E-state index contributed by atoms with van der Waals surface area (Å²) >= 11 is 7.41. The topological polar surface area (TPSA) is 59.8 Å². The van der Waals surface area contributed by atoms with Gasteiger partial charge in [-0.1, -0.05) is 23.7 Å². The molecule has 7 heteroatoms. The Morgan fingerprint density at radius 3 is 2.65 bits per heavy atom. The number of aromatic nitrogens is 3. The second-order valence-corrected chi connectivity index (χ2v) is 7.81. The second kappa shape index (κ2) is 8.01. The van der Waals surface area contributed by atoms with E-state index in [1.54, 1.807) is 0 Å². The van der Waals surface area contributed by atoms with Gasteiger partial charge < -0.3 is 5.32 Å². The van der Waals surface area contributed by atoms with Gasteiger partial charge in [-0.15, -0.1) is 11.3 Å². The van der Waals surface area contributed by atoms with Gasteiger partial charge in [0.25, 0.3) is 0 Å². The van der Waals surface area contributed by atoms with E-state index in [0.29, 0.717) is 18.0 Å². The van der Waals surface area contributed by atoms with Crippen molar-refractivity contribution >= 4 is 34.0 Å². The van der Waals surface area contributed by atoms with E-state index in [2.05, 4.69) is 15.4 Å². The molecule has 0 radical (unpaired) electrons. The first-order valence-corrected chi connectivity index (χ1v) is 9.60. The van der Waals surface area contributed by atoms with Gasteiger partial charge in [-0.25, -0.2) is 4.98 Å². The normalized spacial score (nSPS) is 10.9. The summed E-state index contributed by atoms with van der Waals surface area (Å²) in [6.45, 7) is 4.00. The predicted molar refractivity (Wildman–Crippen MR) is 106 cm³/mol. The second-order valence-electron chi connectivity index (χ2n) is 6.26. The molecule has 1 aromatic carbocycles. The van der Waals surface area contributed by atoms with Gasteiger partial charge in [-0.3, -0.25) is 9.48 Å². The Morgan fingerprint density at radius 1 is 1.27 bits per heavy atom. The number of nitrogens with one attached hydrogen (secondary N) is 1. The van der Waals surface area contributed by atoms with Gasteiger partial charge in [0, 0.05) is 41.7 Å². The van der Waals surface area contributed by atoms with Crippen molar-refractivity contribution < 1.29 is 4.79 Å². The largest absolute Gasteiger partial charge is 0.302 e. The first kappa shape index (κ1) is 18.6. The molecule has 0 spiro atoms. The monoisotopic (exact) mass is 388 g/mol. The van der Waals surface area contributed by atoms with Crippen LogP contribution in [0, 0.1) is 13.8 Å². The molecule has 1 N–H and O–H groups in total. The summed E-state index contributed by atoms with van der Waals surface area (Å²) in [4.78, 5) is 17.6. The first-order valence-electron chi connectivity index (χ1n) is 8.40. The van der Waals surface area contributed by atoms with E-state index in [1.807, 2.05) is 56.0 Å². The molecule has 0 fully saturated rings. The van der Waals surface area contributed by atoms with E-state index in [1.165, 1.54) is 16.9 Å². The van der Waals surface area contributed by atoms with E-state index in [0.717, 1.165) is 33.3 Å². The molecule has 0 saturated carbocycles. The Balaban J connectivity index is 1.55. The number of rotatable bonds is 6. The lowest BCUT2D eigenvalue weighted by atomic mass is 10.1. The average Bonchev–Trinajstić information content (AvgIpc) is 3.12. The van der Waals surface area contributed by atoms with Crippen LogP contribution in [0.1, 0.15) is 33.8 Å². The molecule has 1 amide bonds. The Morgan fingerprint density at radius 2 is 2.00 bits per heavy atom. The Labute approximate surface area is 162 Å². The lowest BCUT2D eigenvalue weighted by Gasteiger charge is -2.03. The van der Waals surface area contributed by atoms with Crippen molar-refractivity contribution in [1.29, 1.82) is 0 Å². The number of hydrogen-bond acceptors (Lipinski definition) is 4. The molecule has 3 aromatic rings. The van der Waals surface area contributed by atoms with Gasteiger partial charge in [-0.05, 0) is 43.5 Å². The minimum atomic E-state index is -0.0277. The zero-order valence-corrected chi connectivity index (χ0v) is 16.6. The lowest BCUT2D eigenvalue weighted by molar-refractivity contribution is -0.116. The summed E-state index contributed by atoms with van der Waals surface area (Å²) in [5.41, 5.74) is 4.40. The Bertz CT molecular complexity index is 914. The lowest BCUT2D eigenvalue weighted by Crippen LogP contribution is -2.12. The SMILES string of the molecule is Cc1nn(C)c(C)c1CCC(=O)Nc1ncc(Cc2ccc(Cl)cc2)s1. The fourth-order valence-corrected chi connectivity index (χ4v) is 3.84. The first-order chi connectivity index (χ1) is 12.4. The highest BCUT2D eigenvalue weighted by Crippen LogP contribution is 2.22. The van der Waals surface area contributed by atoms with E-state index in [-0.39, 0.29) is 5.91 Å². The molecule has 0 unspecified atom stereocenters. The van der Waals surface area contributed by atoms with E-state index in [9.17, 15) is 4.79 Å². The highest BCUT2D eigenvalue weighted by molar-refractivity contribution is 7.15. The molecule has 0 aliphatic rings. The number of thiazole rings is 1. The fraction of sp³-hybridized carbons (Fsp3) is 0.316. The minimum absolute atomic E-state index is 0.0277. The summed E-state index contributed by atoms with van der Waals surface area (Å²) in [5.74, 6) is -0.0277. The van der Waals surface area contributed by atoms with Crippen LogP contribution in [0.25, 0.3) is 0 Å². The van der Waals surface area contributed by atoms with Crippen LogP contribution in [0.5, 0.6) is 0 Å². The molecular formula is C19H21ClN4OS. The van der Waals surface area contributed by atoms with Crippen LogP contribution in [0.4, 0.5) is 5.13 Å². The summed E-state index contributed by atoms with van der Waals surface area (Å²) in [7, 11) is 1.92. The number of hydrogen-bond donors (Lipinski definition) is 1. The molecule has 0 saturated heterocycles. The zero-order chi connectivity index (χ0) is 18.7. The third-order valence-corrected chi connectivity index (χ3v) is 5.52. The summed E-state index contributed by atoms with van der Waals surface area (Å²) < 4.78 is 1.85. The Hall–Kier alpha value is -2.18. The summed E-state index contributed by atoms with van der Waals surface area (Å²) in [5, 5.41) is 8.65. The van der Waals surface area contributed by atoms with Crippen molar-refractivity contribution in [2.75, 3.05) is 5.32 Å². The molecule has 2 heterocycles. The number of halogens is 1. The van der Waals surface area contributed by atoms with E-state index < -0.39 is 0 Å². The predicted octanol–water partition coefficient (Wildman–Crippen LogP) is 4.31. The number of carbonyl (C=O) groups excluding carboxylic acids is 1. The number of anilines is 1. The van der Waals surface area contributed by atoms with Crippen molar-refractivity contribution in [3.05, 3.63) is 62.9 Å². The van der Waals surface area contributed by atoms with Crippen LogP contribution >= 0.6 is 22.9 Å². The molecule has 3 rings (SSSR count). The van der Waals surface area contributed by atoms with Crippen LogP contribution in [0.3, 0.4) is 0 Å². The maximum Gasteiger partial charge on any atom is 0.226 e. The van der Waals surface area contributed by atoms with Crippen molar-refractivity contribution in [1.82, 2.24) is 14.8 Å². The van der Waals surface area contributed by atoms with Crippen molar-refractivity contribution in [3.8, 4) is 0 Å². The van der Waals surface area contributed by atoms with Crippen LogP contribution < -0.4 is 5.32 Å². The molecule has 2 aromatic heterocycles. The fourth-order valence-electron chi connectivity index (χ4n) is 2.85. The maximum absolute atomic E-state index is 12.2. The van der Waals surface area contributed by atoms with E-state index >= 15 is 0 Å². The van der Waals surface area contributed by atoms with Crippen LogP contribution in [-0.2, 0) is 24.7 Å². The number of benzene rings is 1. The summed E-state index contributed by atoms with van der Waals surface area (Å²) in [6, 6.07) is 7.75. The molecule has 0 aliphatic carbocycles. The standard InChI is InChI=1S/C19H21ClN4OS/c1-12-17(13(2)24(3)23-12)8-9-18(25)22-19-21-11-16(26-19)10-14-4-6-15(20)7-5-14/h4-7,11H,8-10H2,1-3H3,(H,21,22,25). The molecule has 26 heavy (non-hydrogen) atoms. The average molecular weight is 389 g/mol. The summed E-state index contributed by atoms with van der Waals surface area (Å²) in [6.07, 6.45) is 3.68. The van der Waals surface area contributed by atoms with Crippen LogP contribution in [-0.4, -0.2) is 20.7 Å². The van der Waals surface area contributed by atoms with E-state index in [4.69, 9.17) is 11.6 Å². The van der Waals surface area contributed by atoms with Gasteiger partial charge in [-0.2, -0.15) is 5.10 Å². The van der Waals surface area contributed by atoms with Crippen LogP contribution in [0.2, 0.25) is 5.02 Å². The van der Waals surface area contributed by atoms with Gasteiger partial charge in [0.1, 0.15) is 0 Å². The third kappa shape index (κ3) is 4.51. The quantitative estimate of drug-likeness (QED) is 0.684. The number of amides is 1. The van der Waals surface area contributed by atoms with Gasteiger partial charge in [0.2, 0.25) is 5.91 Å². The van der Waals surface area contributed by atoms with Gasteiger partial charge >= 0.3 is 0 Å². The zero-order valence-electron chi connectivity index (χ0n) is 15.0. The molecule has 0 bridgehead atoms. The molecule has 0 atom stereocenters. The van der Waals surface area contributed by atoms with Gasteiger partial charge in [0.15, 0.2) is 5.13 Å². The number of aryl methyl sites for hydroxylation is 2.